The average Bonchev–Trinajstić information content (AvgIpc) is 2.35. The van der Waals surface area contributed by atoms with Gasteiger partial charge in [0.05, 0.1) is 0 Å². The fourth-order valence-corrected chi connectivity index (χ4v) is 1.49. The van der Waals surface area contributed by atoms with Crippen molar-refractivity contribution in [1.29, 1.82) is 0 Å². The van der Waals surface area contributed by atoms with Gasteiger partial charge in [0.2, 0.25) is 0 Å². The second-order valence-corrected chi connectivity index (χ2v) is 4.19. The number of urea groups is 1. The van der Waals surface area contributed by atoms with E-state index in [4.69, 9.17) is 16.7 Å². The molecule has 0 saturated carbocycles. The summed E-state index contributed by atoms with van der Waals surface area (Å²) in [6.45, 7) is 1.94. The number of amides is 2. The number of halogens is 1. The minimum atomic E-state index is -1.07. The van der Waals surface area contributed by atoms with Crippen LogP contribution in [0.2, 0.25) is 5.02 Å². The molecule has 0 aromatic heterocycles. The molecule has 98 valence electrons. The van der Waals surface area contributed by atoms with E-state index in [2.05, 4.69) is 0 Å². The van der Waals surface area contributed by atoms with Crippen LogP contribution in [0.1, 0.15) is 6.92 Å². The van der Waals surface area contributed by atoms with Gasteiger partial charge in [-0.25, -0.2) is 4.79 Å². The van der Waals surface area contributed by atoms with E-state index in [1.807, 2.05) is 6.92 Å². The maximum absolute atomic E-state index is 12.1. The van der Waals surface area contributed by atoms with Gasteiger partial charge in [0, 0.05) is 24.3 Å². The maximum atomic E-state index is 12.1. The zero-order valence-corrected chi connectivity index (χ0v) is 11.0. The third-order valence-corrected chi connectivity index (χ3v) is 2.72. The van der Waals surface area contributed by atoms with E-state index in [1.54, 1.807) is 31.3 Å². The van der Waals surface area contributed by atoms with Crippen LogP contribution in [0.4, 0.5) is 10.5 Å². The molecular weight excluding hydrogens is 256 g/mol. The summed E-state index contributed by atoms with van der Waals surface area (Å²) >= 11 is 5.76. The van der Waals surface area contributed by atoms with Crippen molar-refractivity contribution in [3.05, 3.63) is 29.3 Å². The molecule has 0 atom stereocenters. The minimum absolute atomic E-state index is 0.359. The number of benzene rings is 1. The molecule has 1 aromatic rings. The highest BCUT2D eigenvalue weighted by Gasteiger charge is 2.21. The van der Waals surface area contributed by atoms with E-state index < -0.39 is 5.97 Å². The fraction of sp³-hybridized carbons (Fsp3) is 0.333. The molecule has 0 saturated heterocycles. The molecule has 0 bridgehead atoms. The molecule has 0 heterocycles. The van der Waals surface area contributed by atoms with Gasteiger partial charge in [0.25, 0.3) is 0 Å². The van der Waals surface area contributed by atoms with Crippen LogP contribution in [-0.4, -0.2) is 42.1 Å². The lowest BCUT2D eigenvalue weighted by molar-refractivity contribution is -0.135. The van der Waals surface area contributed by atoms with Crippen molar-refractivity contribution in [1.82, 2.24) is 4.90 Å². The van der Waals surface area contributed by atoms with Crippen LogP contribution >= 0.6 is 11.6 Å². The van der Waals surface area contributed by atoms with Crippen LogP contribution in [0, 0.1) is 0 Å². The number of hydrogen-bond donors (Lipinski definition) is 1. The van der Waals surface area contributed by atoms with E-state index in [0.717, 1.165) is 0 Å². The molecule has 0 fully saturated rings. The van der Waals surface area contributed by atoms with Gasteiger partial charge in [0.15, 0.2) is 0 Å². The van der Waals surface area contributed by atoms with Gasteiger partial charge < -0.3 is 10.0 Å². The Balaban J connectivity index is 3.01. The molecule has 0 aliphatic rings. The van der Waals surface area contributed by atoms with Gasteiger partial charge in [0.1, 0.15) is 6.54 Å². The topological polar surface area (TPSA) is 60.9 Å². The summed E-state index contributed by atoms with van der Waals surface area (Å²) in [4.78, 5) is 25.5. The number of nitrogens with zero attached hydrogens (tertiary/aromatic N) is 2. The van der Waals surface area contributed by atoms with Gasteiger partial charge in [-0.05, 0) is 31.2 Å². The van der Waals surface area contributed by atoms with Crippen molar-refractivity contribution >= 4 is 29.3 Å². The van der Waals surface area contributed by atoms with Crippen LogP contribution in [0.15, 0.2) is 24.3 Å². The summed E-state index contributed by atoms with van der Waals surface area (Å²) in [7, 11) is 1.62. The second-order valence-electron chi connectivity index (χ2n) is 3.75. The first kappa shape index (κ1) is 14.3. The van der Waals surface area contributed by atoms with Crippen molar-refractivity contribution in [3.63, 3.8) is 0 Å². The van der Waals surface area contributed by atoms with Gasteiger partial charge in [-0.1, -0.05) is 11.6 Å². The predicted octanol–water partition coefficient (Wildman–Crippen LogP) is 2.30. The summed E-state index contributed by atoms with van der Waals surface area (Å²) in [5, 5.41) is 9.40. The second kappa shape index (κ2) is 6.26. The normalized spacial score (nSPS) is 9.94. The minimum Gasteiger partial charge on any atom is -0.480 e. The summed E-state index contributed by atoms with van der Waals surface area (Å²) in [5.74, 6) is -1.07. The number of aliphatic carboxylic acids is 1. The number of carboxylic acids is 1. The summed E-state index contributed by atoms with van der Waals surface area (Å²) in [6, 6.07) is 6.11. The molecule has 0 radical (unpaired) electrons. The molecule has 1 N–H and O–H groups in total. The third kappa shape index (κ3) is 3.63. The Bertz CT molecular complexity index is 433. The van der Waals surface area contributed by atoms with Crippen molar-refractivity contribution in [2.45, 2.75) is 6.92 Å². The van der Waals surface area contributed by atoms with E-state index in [1.165, 1.54) is 9.80 Å². The Hall–Kier alpha value is -1.75. The number of anilines is 1. The van der Waals surface area contributed by atoms with Crippen LogP contribution in [0.3, 0.4) is 0 Å². The SMILES string of the molecule is CCN(C)C(=O)N(CC(=O)O)c1ccc(Cl)cc1. The lowest BCUT2D eigenvalue weighted by Crippen LogP contribution is -2.43. The smallest absolute Gasteiger partial charge is 0.324 e. The van der Waals surface area contributed by atoms with Crippen LogP contribution in [0.25, 0.3) is 0 Å². The monoisotopic (exact) mass is 270 g/mol. The number of carboxylic acid groups (broad SMARTS) is 1. The molecule has 1 aromatic carbocycles. The quantitative estimate of drug-likeness (QED) is 0.913. The van der Waals surface area contributed by atoms with Crippen LogP contribution in [-0.2, 0) is 4.79 Å². The highest BCUT2D eigenvalue weighted by Crippen LogP contribution is 2.19. The molecule has 18 heavy (non-hydrogen) atoms. The van der Waals surface area contributed by atoms with Crippen LogP contribution in [0.5, 0.6) is 0 Å². The van der Waals surface area contributed by atoms with Crippen LogP contribution < -0.4 is 4.90 Å². The van der Waals surface area contributed by atoms with E-state index in [9.17, 15) is 9.59 Å². The summed E-state index contributed by atoms with van der Waals surface area (Å²) < 4.78 is 0. The maximum Gasteiger partial charge on any atom is 0.324 e. The fourth-order valence-electron chi connectivity index (χ4n) is 1.37. The lowest BCUT2D eigenvalue weighted by atomic mass is 10.3. The number of carbonyl (C=O) groups excluding carboxylic acids is 1. The van der Waals surface area contributed by atoms with Crippen molar-refractivity contribution in [2.24, 2.45) is 0 Å². The predicted molar refractivity (Wildman–Crippen MR) is 70.1 cm³/mol. The van der Waals surface area contributed by atoms with Crippen molar-refractivity contribution < 1.29 is 14.7 Å². The van der Waals surface area contributed by atoms with Gasteiger partial charge in [-0.15, -0.1) is 0 Å². The molecule has 1 rings (SSSR count). The standard InChI is InChI=1S/C12H15ClN2O3/c1-3-14(2)12(18)15(8-11(16)17)10-6-4-9(13)5-7-10/h4-7H,3,8H2,1-2H3,(H,16,17). The van der Waals surface area contributed by atoms with Gasteiger partial charge >= 0.3 is 12.0 Å². The Morgan fingerprint density at radius 2 is 1.83 bits per heavy atom. The Labute approximate surface area is 111 Å². The highest BCUT2D eigenvalue weighted by atomic mass is 35.5. The third-order valence-electron chi connectivity index (χ3n) is 2.46. The highest BCUT2D eigenvalue weighted by molar-refractivity contribution is 6.30. The van der Waals surface area contributed by atoms with E-state index >= 15 is 0 Å². The molecular formula is C12H15ClN2O3. The number of rotatable bonds is 4. The van der Waals surface area contributed by atoms with Crippen molar-refractivity contribution in [2.75, 3.05) is 25.0 Å². The molecule has 0 spiro atoms. The van der Waals surface area contributed by atoms with E-state index in [0.29, 0.717) is 17.3 Å². The Morgan fingerprint density at radius 3 is 2.28 bits per heavy atom. The van der Waals surface area contributed by atoms with Crippen molar-refractivity contribution in [3.8, 4) is 0 Å². The Morgan fingerprint density at radius 1 is 1.28 bits per heavy atom. The summed E-state index contributed by atoms with van der Waals surface area (Å²) in [5.41, 5.74) is 0.507. The van der Waals surface area contributed by atoms with Gasteiger partial charge in [-0.3, -0.25) is 9.69 Å². The molecule has 0 aliphatic carbocycles. The van der Waals surface area contributed by atoms with Gasteiger partial charge in [-0.2, -0.15) is 0 Å². The average molecular weight is 271 g/mol. The molecule has 2 amide bonds. The zero-order valence-electron chi connectivity index (χ0n) is 10.3. The Kier molecular flexibility index (Phi) is 4.97. The first-order chi connectivity index (χ1) is 8.45. The number of hydrogen-bond acceptors (Lipinski definition) is 2. The molecule has 6 heteroatoms. The first-order valence-corrected chi connectivity index (χ1v) is 5.83. The zero-order chi connectivity index (χ0) is 13.7. The first-order valence-electron chi connectivity index (χ1n) is 5.45. The van der Waals surface area contributed by atoms with E-state index in [-0.39, 0.29) is 12.6 Å². The molecule has 5 nitrogen and oxygen atoms in total. The molecule has 0 unspecified atom stereocenters. The largest absolute Gasteiger partial charge is 0.480 e. The summed E-state index contributed by atoms with van der Waals surface area (Å²) in [6.07, 6.45) is 0. The lowest BCUT2D eigenvalue weighted by Gasteiger charge is -2.26. The molecule has 0 aliphatic heterocycles. The number of carbonyl (C=O) groups is 2.